The number of fused-ring (bicyclic) bond motifs is 1. The fourth-order valence-corrected chi connectivity index (χ4v) is 2.47. The molecule has 17 heavy (non-hydrogen) atoms. The summed E-state index contributed by atoms with van der Waals surface area (Å²) >= 11 is 0. The summed E-state index contributed by atoms with van der Waals surface area (Å²) in [5, 5.41) is 3.31. The van der Waals surface area contributed by atoms with E-state index >= 15 is 0 Å². The molecule has 0 radical (unpaired) electrons. The van der Waals surface area contributed by atoms with Gasteiger partial charge in [0.15, 0.2) is 0 Å². The summed E-state index contributed by atoms with van der Waals surface area (Å²) < 4.78 is 5.38. The van der Waals surface area contributed by atoms with Crippen LogP contribution in [0.5, 0.6) is 0 Å². The maximum Gasteiger partial charge on any atom is 0.410 e. The van der Waals surface area contributed by atoms with Gasteiger partial charge in [-0.25, -0.2) is 4.79 Å². The summed E-state index contributed by atoms with van der Waals surface area (Å²) in [5.41, 5.74) is 1.09. The first-order valence-electron chi connectivity index (χ1n) is 5.91. The average molecular weight is 233 g/mol. The Balaban J connectivity index is 1.76. The minimum atomic E-state index is -0.194. The van der Waals surface area contributed by atoms with E-state index in [9.17, 15) is 4.79 Å². The van der Waals surface area contributed by atoms with Gasteiger partial charge in [0.25, 0.3) is 0 Å². The number of hydrogen-bond acceptors (Lipinski definition) is 4. The fraction of sp³-hybridized carbons (Fsp3) is 0.500. The second-order valence-corrected chi connectivity index (χ2v) is 4.47. The topological polar surface area (TPSA) is 54.5 Å². The van der Waals surface area contributed by atoms with Crippen LogP contribution in [0.3, 0.4) is 0 Å². The van der Waals surface area contributed by atoms with Crippen LogP contribution in [-0.2, 0) is 11.3 Å². The Labute approximate surface area is 99.8 Å². The Bertz CT molecular complexity index is 409. The lowest BCUT2D eigenvalue weighted by molar-refractivity contribution is 0.117. The standard InChI is InChI=1S/C12H15N3O2/c16-12-15(8-9-1-4-13-5-2-9)10-7-14-6-3-11(10)17-12/h1-2,4-5,10-11,14H,3,6-8H2. The van der Waals surface area contributed by atoms with Crippen molar-refractivity contribution in [2.45, 2.75) is 25.1 Å². The highest BCUT2D eigenvalue weighted by molar-refractivity contribution is 5.70. The van der Waals surface area contributed by atoms with E-state index in [0.717, 1.165) is 25.1 Å². The van der Waals surface area contributed by atoms with Crippen LogP contribution in [-0.4, -0.2) is 41.2 Å². The van der Waals surface area contributed by atoms with Crippen molar-refractivity contribution in [2.75, 3.05) is 13.1 Å². The van der Waals surface area contributed by atoms with Crippen LogP contribution in [0.15, 0.2) is 24.5 Å². The number of pyridine rings is 1. The molecule has 1 N–H and O–H groups in total. The van der Waals surface area contributed by atoms with Crippen LogP contribution in [0.25, 0.3) is 0 Å². The number of piperidine rings is 1. The van der Waals surface area contributed by atoms with Crippen LogP contribution < -0.4 is 5.32 Å². The van der Waals surface area contributed by atoms with Crippen LogP contribution >= 0.6 is 0 Å². The minimum Gasteiger partial charge on any atom is -0.444 e. The second-order valence-electron chi connectivity index (χ2n) is 4.47. The first-order chi connectivity index (χ1) is 8.34. The molecule has 0 aliphatic carbocycles. The smallest absolute Gasteiger partial charge is 0.410 e. The molecule has 0 spiro atoms. The summed E-state index contributed by atoms with van der Waals surface area (Å²) in [5.74, 6) is 0. The molecule has 0 aromatic carbocycles. The molecule has 2 atom stereocenters. The zero-order valence-electron chi connectivity index (χ0n) is 9.50. The second kappa shape index (κ2) is 4.33. The van der Waals surface area contributed by atoms with Crippen molar-refractivity contribution in [1.82, 2.24) is 15.2 Å². The van der Waals surface area contributed by atoms with Crippen molar-refractivity contribution in [3.8, 4) is 0 Å². The molecule has 3 heterocycles. The molecule has 2 saturated heterocycles. The van der Waals surface area contributed by atoms with Crippen LogP contribution in [0, 0.1) is 0 Å². The summed E-state index contributed by atoms with van der Waals surface area (Å²) in [7, 11) is 0. The largest absolute Gasteiger partial charge is 0.444 e. The highest BCUT2D eigenvalue weighted by Gasteiger charge is 2.42. The van der Waals surface area contributed by atoms with Gasteiger partial charge in [-0.1, -0.05) is 0 Å². The van der Waals surface area contributed by atoms with E-state index in [2.05, 4.69) is 10.3 Å². The van der Waals surface area contributed by atoms with Crippen molar-refractivity contribution in [3.63, 3.8) is 0 Å². The molecule has 0 bridgehead atoms. The average Bonchev–Trinajstić information content (AvgIpc) is 2.68. The Kier molecular flexibility index (Phi) is 2.68. The van der Waals surface area contributed by atoms with E-state index < -0.39 is 0 Å². The third-order valence-electron chi connectivity index (χ3n) is 3.38. The van der Waals surface area contributed by atoms with E-state index in [1.54, 1.807) is 12.4 Å². The molecule has 2 aliphatic heterocycles. The summed E-state index contributed by atoms with van der Waals surface area (Å²) in [6.45, 7) is 2.35. The highest BCUT2D eigenvalue weighted by atomic mass is 16.6. The minimum absolute atomic E-state index is 0.0607. The van der Waals surface area contributed by atoms with E-state index in [0.29, 0.717) is 6.54 Å². The van der Waals surface area contributed by atoms with Gasteiger partial charge in [-0.3, -0.25) is 9.88 Å². The van der Waals surface area contributed by atoms with Crippen molar-refractivity contribution in [1.29, 1.82) is 0 Å². The third kappa shape index (κ3) is 1.98. The molecule has 1 aromatic heterocycles. The third-order valence-corrected chi connectivity index (χ3v) is 3.38. The van der Waals surface area contributed by atoms with Crippen molar-refractivity contribution in [3.05, 3.63) is 30.1 Å². The van der Waals surface area contributed by atoms with Gasteiger partial charge < -0.3 is 10.1 Å². The predicted octanol–water partition coefficient (Wildman–Crippen LogP) is 0.764. The monoisotopic (exact) mass is 233 g/mol. The molecule has 90 valence electrons. The zero-order valence-corrected chi connectivity index (χ0v) is 9.50. The van der Waals surface area contributed by atoms with Gasteiger partial charge >= 0.3 is 6.09 Å². The van der Waals surface area contributed by atoms with E-state index in [-0.39, 0.29) is 18.2 Å². The Morgan fingerprint density at radius 3 is 3.12 bits per heavy atom. The number of ether oxygens (including phenoxy) is 1. The van der Waals surface area contributed by atoms with Crippen molar-refractivity contribution >= 4 is 6.09 Å². The molecule has 0 saturated carbocycles. The fourth-order valence-electron chi connectivity index (χ4n) is 2.47. The van der Waals surface area contributed by atoms with Gasteiger partial charge in [-0.05, 0) is 30.7 Å². The number of nitrogens with zero attached hydrogens (tertiary/aromatic N) is 2. The van der Waals surface area contributed by atoms with E-state index in [4.69, 9.17) is 4.74 Å². The van der Waals surface area contributed by atoms with Crippen LogP contribution in [0.4, 0.5) is 4.79 Å². The van der Waals surface area contributed by atoms with Crippen LogP contribution in [0.1, 0.15) is 12.0 Å². The van der Waals surface area contributed by atoms with Crippen molar-refractivity contribution in [2.24, 2.45) is 0 Å². The summed E-state index contributed by atoms with van der Waals surface area (Å²) in [6.07, 6.45) is 4.26. The SMILES string of the molecule is O=C1OC2CCNCC2N1Cc1ccncc1. The Morgan fingerprint density at radius 2 is 2.29 bits per heavy atom. The summed E-state index contributed by atoms with van der Waals surface area (Å²) in [4.78, 5) is 17.6. The van der Waals surface area contributed by atoms with Crippen molar-refractivity contribution < 1.29 is 9.53 Å². The molecule has 1 aromatic rings. The van der Waals surface area contributed by atoms with Gasteiger partial charge in [0.1, 0.15) is 6.10 Å². The van der Waals surface area contributed by atoms with Crippen LogP contribution in [0.2, 0.25) is 0 Å². The number of carbonyl (C=O) groups is 1. The van der Waals surface area contributed by atoms with Gasteiger partial charge in [0.05, 0.1) is 6.04 Å². The number of rotatable bonds is 2. The Morgan fingerprint density at radius 1 is 1.47 bits per heavy atom. The van der Waals surface area contributed by atoms with E-state index in [1.165, 1.54) is 0 Å². The van der Waals surface area contributed by atoms with Gasteiger partial charge in [0.2, 0.25) is 0 Å². The normalized spacial score (nSPS) is 27.8. The lowest BCUT2D eigenvalue weighted by atomic mass is 10.0. The van der Waals surface area contributed by atoms with Gasteiger partial charge in [-0.2, -0.15) is 0 Å². The molecular formula is C12H15N3O2. The lowest BCUT2D eigenvalue weighted by Crippen LogP contribution is -2.48. The molecule has 2 fully saturated rings. The quantitative estimate of drug-likeness (QED) is 0.819. The number of carbonyl (C=O) groups excluding carboxylic acids is 1. The number of hydrogen-bond donors (Lipinski definition) is 1. The number of amides is 1. The number of nitrogens with one attached hydrogen (secondary N) is 1. The maximum atomic E-state index is 11.8. The first kappa shape index (κ1) is 10.5. The Hall–Kier alpha value is -1.62. The molecule has 3 rings (SSSR count). The van der Waals surface area contributed by atoms with E-state index in [1.807, 2.05) is 17.0 Å². The highest BCUT2D eigenvalue weighted by Crippen LogP contribution is 2.25. The first-order valence-corrected chi connectivity index (χ1v) is 5.91. The maximum absolute atomic E-state index is 11.8. The molecule has 5 nitrogen and oxygen atoms in total. The number of aromatic nitrogens is 1. The lowest BCUT2D eigenvalue weighted by Gasteiger charge is -2.28. The molecule has 2 aliphatic rings. The predicted molar refractivity (Wildman–Crippen MR) is 61.3 cm³/mol. The van der Waals surface area contributed by atoms with Gasteiger partial charge in [-0.15, -0.1) is 0 Å². The molecular weight excluding hydrogens is 218 g/mol. The molecule has 1 amide bonds. The summed E-state index contributed by atoms with van der Waals surface area (Å²) in [6, 6.07) is 4.03. The van der Waals surface area contributed by atoms with Gasteiger partial charge in [0, 0.05) is 25.5 Å². The molecule has 2 unspecified atom stereocenters. The molecule has 5 heteroatoms. The zero-order chi connectivity index (χ0) is 11.7.